The third-order valence-electron chi connectivity index (χ3n) is 3.17. The maximum absolute atomic E-state index is 5.86. The molecule has 0 aliphatic carbocycles. The summed E-state index contributed by atoms with van der Waals surface area (Å²) < 4.78 is 5.86. The average molecular weight is 237 g/mol. The van der Waals surface area contributed by atoms with Gasteiger partial charge < -0.3 is 4.74 Å². The lowest BCUT2D eigenvalue weighted by atomic mass is 9.97. The van der Waals surface area contributed by atoms with E-state index in [0.29, 0.717) is 0 Å². The molecule has 0 bridgehead atoms. The van der Waals surface area contributed by atoms with E-state index >= 15 is 0 Å². The van der Waals surface area contributed by atoms with Crippen LogP contribution in [0.4, 0.5) is 0 Å². The highest BCUT2D eigenvalue weighted by Crippen LogP contribution is 2.39. The first-order valence-electron chi connectivity index (χ1n) is 6.15. The molecule has 0 aromatic heterocycles. The molecular weight excluding hydrogens is 222 g/mol. The van der Waals surface area contributed by atoms with Gasteiger partial charge in [0.25, 0.3) is 0 Å². The van der Waals surface area contributed by atoms with Crippen LogP contribution in [0.2, 0.25) is 0 Å². The van der Waals surface area contributed by atoms with Crippen LogP contribution in [0.1, 0.15) is 30.2 Å². The number of aliphatic imine (C=N–C) groups is 1. The Morgan fingerprint density at radius 3 is 2.00 bits per heavy atom. The molecule has 2 nitrogen and oxygen atoms in total. The van der Waals surface area contributed by atoms with Gasteiger partial charge in [-0.3, -0.25) is 0 Å². The van der Waals surface area contributed by atoms with Gasteiger partial charge in [-0.1, -0.05) is 60.7 Å². The van der Waals surface area contributed by atoms with Gasteiger partial charge in [-0.15, -0.1) is 0 Å². The van der Waals surface area contributed by atoms with Gasteiger partial charge in [0.1, 0.15) is 6.04 Å². The second-order valence-corrected chi connectivity index (χ2v) is 4.45. The van der Waals surface area contributed by atoms with Crippen LogP contribution in [0.5, 0.6) is 0 Å². The first-order chi connectivity index (χ1) is 8.84. The lowest BCUT2D eigenvalue weighted by Crippen LogP contribution is -2.07. The van der Waals surface area contributed by atoms with Crippen LogP contribution in [-0.2, 0) is 4.74 Å². The quantitative estimate of drug-likeness (QED) is 0.775. The minimum Gasteiger partial charge on any atom is -0.471 e. The summed E-state index contributed by atoms with van der Waals surface area (Å²) in [4.78, 5) is 4.61. The molecule has 0 fully saturated rings. The molecule has 0 unspecified atom stereocenters. The second kappa shape index (κ2) is 4.65. The van der Waals surface area contributed by atoms with Crippen molar-refractivity contribution in [1.29, 1.82) is 0 Å². The van der Waals surface area contributed by atoms with Crippen molar-refractivity contribution in [1.82, 2.24) is 0 Å². The molecule has 2 aromatic rings. The van der Waals surface area contributed by atoms with E-state index in [9.17, 15) is 0 Å². The summed E-state index contributed by atoms with van der Waals surface area (Å²) in [6.45, 7) is 1.92. The largest absolute Gasteiger partial charge is 0.471 e. The van der Waals surface area contributed by atoms with Crippen molar-refractivity contribution in [3.8, 4) is 0 Å². The molecule has 0 N–H and O–H groups in total. The Bertz CT molecular complexity index is 548. The highest BCUT2D eigenvalue weighted by atomic mass is 16.5. The maximum atomic E-state index is 5.86. The van der Waals surface area contributed by atoms with E-state index in [4.69, 9.17) is 4.74 Å². The normalized spacial score (nSPS) is 22.4. The highest BCUT2D eigenvalue weighted by molar-refractivity contribution is 5.75. The van der Waals surface area contributed by atoms with Gasteiger partial charge in [0.15, 0.2) is 12.0 Å². The third-order valence-corrected chi connectivity index (χ3v) is 3.17. The summed E-state index contributed by atoms with van der Waals surface area (Å²) in [5.74, 6) is 0.762. The van der Waals surface area contributed by atoms with Gasteiger partial charge in [0, 0.05) is 6.92 Å². The van der Waals surface area contributed by atoms with Crippen molar-refractivity contribution in [3.05, 3.63) is 71.8 Å². The van der Waals surface area contributed by atoms with Crippen molar-refractivity contribution < 1.29 is 4.74 Å². The van der Waals surface area contributed by atoms with Gasteiger partial charge in [-0.2, -0.15) is 0 Å². The number of hydrogen-bond acceptors (Lipinski definition) is 2. The van der Waals surface area contributed by atoms with Crippen LogP contribution >= 0.6 is 0 Å². The molecule has 1 heterocycles. The second-order valence-electron chi connectivity index (χ2n) is 4.45. The Morgan fingerprint density at radius 1 is 0.833 bits per heavy atom. The van der Waals surface area contributed by atoms with E-state index in [1.165, 1.54) is 11.1 Å². The Labute approximate surface area is 107 Å². The van der Waals surface area contributed by atoms with Crippen molar-refractivity contribution in [2.45, 2.75) is 19.1 Å². The standard InChI is InChI=1S/C16H15NO/c1-12-17-15(13-8-4-2-5-9-13)16(18-12)14-10-6-3-7-11-14/h2-11,15-16H,1H3/t15-,16+/m1/s1. The zero-order valence-electron chi connectivity index (χ0n) is 10.3. The predicted molar refractivity (Wildman–Crippen MR) is 72.6 cm³/mol. The molecular formula is C16H15NO. The van der Waals surface area contributed by atoms with Crippen LogP contribution in [0, 0.1) is 0 Å². The summed E-state index contributed by atoms with van der Waals surface area (Å²) in [5.41, 5.74) is 2.37. The van der Waals surface area contributed by atoms with Gasteiger partial charge in [0.05, 0.1) is 0 Å². The molecule has 2 aromatic carbocycles. The van der Waals surface area contributed by atoms with Crippen LogP contribution in [0.3, 0.4) is 0 Å². The molecule has 3 rings (SSSR count). The maximum Gasteiger partial charge on any atom is 0.181 e. The summed E-state index contributed by atoms with van der Waals surface area (Å²) >= 11 is 0. The van der Waals surface area contributed by atoms with E-state index < -0.39 is 0 Å². The molecule has 18 heavy (non-hydrogen) atoms. The third kappa shape index (κ3) is 2.02. The Kier molecular flexibility index (Phi) is 2.85. The monoisotopic (exact) mass is 237 g/mol. The van der Waals surface area contributed by atoms with Crippen LogP contribution in [-0.4, -0.2) is 5.90 Å². The summed E-state index contributed by atoms with van der Waals surface area (Å²) in [7, 11) is 0. The summed E-state index contributed by atoms with van der Waals surface area (Å²) in [5, 5.41) is 0. The fourth-order valence-corrected chi connectivity index (χ4v) is 2.33. The molecule has 0 spiro atoms. The SMILES string of the molecule is CC1=N[C@H](c2ccccc2)[C@H](c2ccccc2)O1. The zero-order valence-corrected chi connectivity index (χ0v) is 10.3. The van der Waals surface area contributed by atoms with Crippen molar-refractivity contribution in [2.24, 2.45) is 4.99 Å². The Balaban J connectivity index is 1.97. The predicted octanol–water partition coefficient (Wildman–Crippen LogP) is 3.92. The molecule has 0 saturated carbocycles. The molecule has 0 saturated heterocycles. The first-order valence-corrected chi connectivity index (χ1v) is 6.15. The lowest BCUT2D eigenvalue weighted by Gasteiger charge is -2.18. The van der Waals surface area contributed by atoms with Gasteiger partial charge in [-0.25, -0.2) is 4.99 Å². The van der Waals surface area contributed by atoms with Crippen LogP contribution < -0.4 is 0 Å². The summed E-state index contributed by atoms with van der Waals surface area (Å²) in [6, 6.07) is 20.6. The number of rotatable bonds is 2. The molecule has 1 aliphatic rings. The topological polar surface area (TPSA) is 21.6 Å². The minimum absolute atomic E-state index is 0.00593. The average Bonchev–Trinajstić information content (AvgIpc) is 2.83. The van der Waals surface area contributed by atoms with Crippen molar-refractivity contribution >= 4 is 5.90 Å². The van der Waals surface area contributed by atoms with Gasteiger partial charge in [-0.05, 0) is 11.1 Å². The van der Waals surface area contributed by atoms with Crippen LogP contribution in [0.15, 0.2) is 65.7 Å². The van der Waals surface area contributed by atoms with E-state index in [1.807, 2.05) is 43.3 Å². The number of ether oxygens (including phenoxy) is 1. The van der Waals surface area contributed by atoms with Crippen LogP contribution in [0.25, 0.3) is 0 Å². The molecule has 2 atom stereocenters. The number of benzene rings is 2. The smallest absolute Gasteiger partial charge is 0.181 e. The molecule has 90 valence electrons. The zero-order chi connectivity index (χ0) is 12.4. The minimum atomic E-state index is -0.00593. The van der Waals surface area contributed by atoms with Crippen molar-refractivity contribution in [3.63, 3.8) is 0 Å². The van der Waals surface area contributed by atoms with Gasteiger partial charge in [0.2, 0.25) is 0 Å². The lowest BCUT2D eigenvalue weighted by molar-refractivity contribution is 0.195. The first kappa shape index (κ1) is 11.0. The van der Waals surface area contributed by atoms with Crippen molar-refractivity contribution in [2.75, 3.05) is 0 Å². The summed E-state index contributed by atoms with van der Waals surface area (Å²) in [6.07, 6.45) is -0.00593. The Hall–Kier alpha value is -2.09. The van der Waals surface area contributed by atoms with E-state index in [0.717, 1.165) is 5.90 Å². The molecule has 1 aliphatic heterocycles. The van der Waals surface area contributed by atoms with E-state index in [2.05, 4.69) is 29.3 Å². The highest BCUT2D eigenvalue weighted by Gasteiger charge is 2.31. The number of hydrogen-bond donors (Lipinski definition) is 0. The van der Waals surface area contributed by atoms with Gasteiger partial charge >= 0.3 is 0 Å². The fourth-order valence-electron chi connectivity index (χ4n) is 2.33. The number of nitrogens with zero attached hydrogens (tertiary/aromatic N) is 1. The Morgan fingerprint density at radius 2 is 1.39 bits per heavy atom. The molecule has 0 amide bonds. The molecule has 2 heteroatoms. The van der Waals surface area contributed by atoms with E-state index in [1.54, 1.807) is 0 Å². The van der Waals surface area contributed by atoms with E-state index in [-0.39, 0.29) is 12.1 Å². The molecule has 0 radical (unpaired) electrons. The fraction of sp³-hybridized carbons (Fsp3) is 0.188.